The minimum absolute atomic E-state index is 0.00957. The Hall–Kier alpha value is -2.44. The molecule has 1 atom stereocenters. The Labute approximate surface area is 157 Å². The Morgan fingerprint density at radius 1 is 1.00 bits per heavy atom. The summed E-state index contributed by atoms with van der Waals surface area (Å²) in [6.45, 7) is 2.55. The molecule has 3 fully saturated rings. The molecular formula is C20H24FN3O3. The van der Waals surface area contributed by atoms with Crippen LogP contribution in [0.5, 0.6) is 0 Å². The third-order valence-electron chi connectivity index (χ3n) is 5.71. The van der Waals surface area contributed by atoms with Crippen molar-refractivity contribution in [1.29, 1.82) is 0 Å². The standard InChI is InChI=1S/C20H24FN3O3/c21-16-3-1-14(2-4-16)11-18(25)22-7-9-23(10-8-22)20(27)15-12-19(26)24(13-15)17-5-6-17/h1-4,15,17H,5-13H2. The molecule has 3 amide bonds. The highest BCUT2D eigenvalue weighted by molar-refractivity contribution is 5.89. The van der Waals surface area contributed by atoms with Gasteiger partial charge < -0.3 is 14.7 Å². The molecule has 2 aliphatic heterocycles. The lowest BCUT2D eigenvalue weighted by atomic mass is 10.1. The van der Waals surface area contributed by atoms with Gasteiger partial charge in [-0.1, -0.05) is 12.1 Å². The zero-order valence-corrected chi connectivity index (χ0v) is 15.3. The molecule has 2 heterocycles. The van der Waals surface area contributed by atoms with Gasteiger partial charge in [0.15, 0.2) is 0 Å². The molecule has 6 nitrogen and oxygen atoms in total. The molecule has 144 valence electrons. The summed E-state index contributed by atoms with van der Waals surface area (Å²) in [6.07, 6.45) is 2.67. The molecule has 7 heteroatoms. The number of carbonyl (C=O) groups is 3. The van der Waals surface area contributed by atoms with Gasteiger partial charge in [0, 0.05) is 45.2 Å². The molecule has 0 radical (unpaired) electrons. The van der Waals surface area contributed by atoms with E-state index in [1.807, 2.05) is 4.90 Å². The van der Waals surface area contributed by atoms with Crippen molar-refractivity contribution in [2.24, 2.45) is 5.92 Å². The van der Waals surface area contributed by atoms with Gasteiger partial charge in [0.2, 0.25) is 17.7 Å². The van der Waals surface area contributed by atoms with Gasteiger partial charge in [-0.05, 0) is 30.5 Å². The maximum atomic E-state index is 13.0. The predicted octanol–water partition coefficient (Wildman–Crippen LogP) is 1.05. The number of rotatable bonds is 4. The largest absolute Gasteiger partial charge is 0.339 e. The number of hydrogen-bond acceptors (Lipinski definition) is 3. The van der Waals surface area contributed by atoms with Crippen molar-refractivity contribution >= 4 is 17.7 Å². The Morgan fingerprint density at radius 3 is 2.26 bits per heavy atom. The molecule has 1 unspecified atom stereocenters. The van der Waals surface area contributed by atoms with Crippen LogP contribution in [0.4, 0.5) is 4.39 Å². The molecule has 3 aliphatic rings. The third-order valence-corrected chi connectivity index (χ3v) is 5.71. The molecule has 27 heavy (non-hydrogen) atoms. The second kappa shape index (κ2) is 7.29. The smallest absolute Gasteiger partial charge is 0.228 e. The van der Waals surface area contributed by atoms with Crippen LogP contribution in [0.25, 0.3) is 0 Å². The average Bonchev–Trinajstić information content (AvgIpc) is 3.45. The van der Waals surface area contributed by atoms with Crippen molar-refractivity contribution in [2.75, 3.05) is 32.7 Å². The van der Waals surface area contributed by atoms with E-state index in [0.29, 0.717) is 45.2 Å². The van der Waals surface area contributed by atoms with Crippen molar-refractivity contribution in [3.63, 3.8) is 0 Å². The van der Waals surface area contributed by atoms with Crippen molar-refractivity contribution in [1.82, 2.24) is 14.7 Å². The maximum absolute atomic E-state index is 13.0. The SMILES string of the molecule is O=C(Cc1ccc(F)cc1)N1CCN(C(=O)C2CC(=O)N(C3CC3)C2)CC1. The van der Waals surface area contributed by atoms with Crippen molar-refractivity contribution < 1.29 is 18.8 Å². The highest BCUT2D eigenvalue weighted by Gasteiger charge is 2.43. The molecule has 0 aromatic heterocycles. The Bertz CT molecular complexity index is 739. The Morgan fingerprint density at radius 2 is 1.63 bits per heavy atom. The molecule has 0 N–H and O–H groups in total. The minimum atomic E-state index is -0.316. The summed E-state index contributed by atoms with van der Waals surface area (Å²) < 4.78 is 13.0. The summed E-state index contributed by atoms with van der Waals surface area (Å²) in [6, 6.07) is 6.31. The van der Waals surface area contributed by atoms with Crippen LogP contribution in [-0.2, 0) is 20.8 Å². The van der Waals surface area contributed by atoms with Crippen LogP contribution in [-0.4, -0.2) is 71.2 Å². The quantitative estimate of drug-likeness (QED) is 0.793. The number of piperazine rings is 1. The van der Waals surface area contributed by atoms with Crippen LogP contribution in [0.2, 0.25) is 0 Å². The van der Waals surface area contributed by atoms with Crippen LogP contribution in [0.3, 0.4) is 0 Å². The molecular weight excluding hydrogens is 349 g/mol. The van der Waals surface area contributed by atoms with Crippen molar-refractivity contribution in [3.05, 3.63) is 35.6 Å². The van der Waals surface area contributed by atoms with E-state index < -0.39 is 0 Å². The fourth-order valence-electron chi connectivity index (χ4n) is 3.96. The first-order chi connectivity index (χ1) is 13.0. The van der Waals surface area contributed by atoms with Gasteiger partial charge >= 0.3 is 0 Å². The fourth-order valence-corrected chi connectivity index (χ4v) is 3.96. The van der Waals surface area contributed by atoms with E-state index in [1.165, 1.54) is 12.1 Å². The van der Waals surface area contributed by atoms with E-state index in [-0.39, 0.29) is 35.9 Å². The number of likely N-dealkylation sites (tertiary alicyclic amines) is 1. The highest BCUT2D eigenvalue weighted by atomic mass is 19.1. The number of nitrogens with zero attached hydrogens (tertiary/aromatic N) is 3. The van der Waals surface area contributed by atoms with Gasteiger partial charge in [0.1, 0.15) is 5.82 Å². The van der Waals surface area contributed by atoms with Crippen LogP contribution < -0.4 is 0 Å². The van der Waals surface area contributed by atoms with E-state index in [1.54, 1.807) is 21.9 Å². The topological polar surface area (TPSA) is 60.9 Å². The van der Waals surface area contributed by atoms with E-state index in [2.05, 4.69) is 0 Å². The molecule has 1 saturated carbocycles. The molecule has 1 aliphatic carbocycles. The summed E-state index contributed by atoms with van der Waals surface area (Å²) >= 11 is 0. The van der Waals surface area contributed by atoms with Gasteiger partial charge in [-0.2, -0.15) is 0 Å². The second-order valence-electron chi connectivity index (χ2n) is 7.69. The molecule has 0 bridgehead atoms. The number of amides is 3. The average molecular weight is 373 g/mol. The van der Waals surface area contributed by atoms with Gasteiger partial charge in [-0.3, -0.25) is 14.4 Å². The summed E-state index contributed by atoms with van der Waals surface area (Å²) in [5, 5.41) is 0. The van der Waals surface area contributed by atoms with Crippen LogP contribution >= 0.6 is 0 Å². The van der Waals surface area contributed by atoms with Crippen LogP contribution in [0, 0.1) is 11.7 Å². The van der Waals surface area contributed by atoms with Gasteiger partial charge in [-0.25, -0.2) is 4.39 Å². The minimum Gasteiger partial charge on any atom is -0.339 e. The fraction of sp³-hybridized carbons (Fsp3) is 0.550. The lowest BCUT2D eigenvalue weighted by Crippen LogP contribution is -2.52. The van der Waals surface area contributed by atoms with Crippen molar-refractivity contribution in [2.45, 2.75) is 31.7 Å². The zero-order valence-electron chi connectivity index (χ0n) is 15.3. The van der Waals surface area contributed by atoms with Gasteiger partial charge in [0.25, 0.3) is 0 Å². The lowest BCUT2D eigenvalue weighted by molar-refractivity contribution is -0.141. The highest BCUT2D eigenvalue weighted by Crippen LogP contribution is 2.33. The monoisotopic (exact) mass is 373 g/mol. The predicted molar refractivity (Wildman–Crippen MR) is 96.1 cm³/mol. The summed E-state index contributed by atoms with van der Waals surface area (Å²) in [4.78, 5) is 42.6. The first-order valence-electron chi connectivity index (χ1n) is 9.62. The summed E-state index contributed by atoms with van der Waals surface area (Å²) in [7, 11) is 0. The maximum Gasteiger partial charge on any atom is 0.228 e. The van der Waals surface area contributed by atoms with Gasteiger partial charge in [0.05, 0.1) is 12.3 Å². The van der Waals surface area contributed by atoms with E-state index in [9.17, 15) is 18.8 Å². The second-order valence-corrected chi connectivity index (χ2v) is 7.69. The molecule has 2 saturated heterocycles. The van der Waals surface area contributed by atoms with E-state index in [0.717, 1.165) is 18.4 Å². The molecule has 0 spiro atoms. The molecule has 1 aromatic rings. The zero-order chi connectivity index (χ0) is 19.0. The summed E-state index contributed by atoms with van der Waals surface area (Å²) in [5.41, 5.74) is 0.782. The van der Waals surface area contributed by atoms with Gasteiger partial charge in [-0.15, -0.1) is 0 Å². The third kappa shape index (κ3) is 3.96. The van der Waals surface area contributed by atoms with E-state index in [4.69, 9.17) is 0 Å². The molecule has 4 rings (SSSR count). The first kappa shape index (κ1) is 17.9. The Balaban J connectivity index is 1.27. The first-order valence-corrected chi connectivity index (χ1v) is 9.62. The number of benzene rings is 1. The van der Waals surface area contributed by atoms with Crippen molar-refractivity contribution in [3.8, 4) is 0 Å². The van der Waals surface area contributed by atoms with Crippen LogP contribution in [0.15, 0.2) is 24.3 Å². The van der Waals surface area contributed by atoms with Crippen LogP contribution in [0.1, 0.15) is 24.8 Å². The summed E-state index contributed by atoms with van der Waals surface area (Å²) in [5.74, 6) is -0.422. The number of hydrogen-bond donors (Lipinski definition) is 0. The number of carbonyl (C=O) groups excluding carboxylic acids is 3. The molecule has 1 aromatic carbocycles. The lowest BCUT2D eigenvalue weighted by Gasteiger charge is -2.36. The Kier molecular flexibility index (Phi) is 4.85. The number of halogens is 1. The normalized spacial score (nSPS) is 23.1. The van der Waals surface area contributed by atoms with E-state index >= 15 is 0 Å².